The fraction of sp³-hybridized carbons (Fsp3) is 0.400. The number of esters is 1. The Morgan fingerprint density at radius 1 is 1.33 bits per heavy atom. The Bertz CT molecular complexity index is 552. The zero-order valence-electron chi connectivity index (χ0n) is 12.3. The standard InChI is InChI=1S/C15H19N3O3/c1-11-8-10-18(17-11)13-5-3-12(4-6-13)15(20)16-9-7-14(19)21-2/h3-6H,7-10H2,1-2H3,(H,16,20). The molecule has 0 aromatic heterocycles. The highest BCUT2D eigenvalue weighted by Crippen LogP contribution is 2.19. The summed E-state index contributed by atoms with van der Waals surface area (Å²) < 4.78 is 4.51. The summed E-state index contributed by atoms with van der Waals surface area (Å²) in [5.41, 5.74) is 2.64. The summed E-state index contributed by atoms with van der Waals surface area (Å²) in [5.74, 6) is -0.542. The minimum absolute atomic E-state index is 0.169. The third kappa shape index (κ3) is 4.05. The molecule has 6 nitrogen and oxygen atoms in total. The second-order valence-electron chi connectivity index (χ2n) is 4.84. The molecular weight excluding hydrogens is 270 g/mol. The summed E-state index contributed by atoms with van der Waals surface area (Å²) >= 11 is 0. The van der Waals surface area contributed by atoms with Gasteiger partial charge in [-0.1, -0.05) is 0 Å². The van der Waals surface area contributed by atoms with Crippen LogP contribution in [-0.4, -0.2) is 37.8 Å². The molecule has 0 aliphatic carbocycles. The average molecular weight is 289 g/mol. The molecule has 0 saturated heterocycles. The molecule has 2 rings (SSSR count). The first-order valence-electron chi connectivity index (χ1n) is 6.87. The molecule has 112 valence electrons. The van der Waals surface area contributed by atoms with Crippen LogP contribution >= 0.6 is 0 Å². The first kappa shape index (κ1) is 15.0. The molecule has 1 aromatic rings. The minimum atomic E-state index is -0.340. The number of carbonyl (C=O) groups is 2. The number of amides is 1. The van der Waals surface area contributed by atoms with E-state index in [0.29, 0.717) is 5.56 Å². The van der Waals surface area contributed by atoms with E-state index in [2.05, 4.69) is 15.2 Å². The highest BCUT2D eigenvalue weighted by Gasteiger charge is 2.13. The van der Waals surface area contributed by atoms with Gasteiger partial charge in [0.2, 0.25) is 0 Å². The van der Waals surface area contributed by atoms with Crippen molar-refractivity contribution in [3.8, 4) is 0 Å². The second-order valence-corrected chi connectivity index (χ2v) is 4.84. The summed E-state index contributed by atoms with van der Waals surface area (Å²) in [6.45, 7) is 3.14. The molecule has 1 N–H and O–H groups in total. The van der Waals surface area contributed by atoms with Crippen molar-refractivity contribution < 1.29 is 14.3 Å². The lowest BCUT2D eigenvalue weighted by atomic mass is 10.2. The fourth-order valence-electron chi connectivity index (χ4n) is 2.03. The molecule has 0 spiro atoms. The third-order valence-corrected chi connectivity index (χ3v) is 3.25. The van der Waals surface area contributed by atoms with Gasteiger partial charge in [-0.25, -0.2) is 0 Å². The van der Waals surface area contributed by atoms with Crippen molar-refractivity contribution >= 4 is 23.3 Å². The van der Waals surface area contributed by atoms with E-state index >= 15 is 0 Å². The van der Waals surface area contributed by atoms with Crippen molar-refractivity contribution in [3.63, 3.8) is 0 Å². The number of rotatable bonds is 5. The predicted molar refractivity (Wildman–Crippen MR) is 80.5 cm³/mol. The molecule has 1 aliphatic heterocycles. The van der Waals surface area contributed by atoms with Gasteiger partial charge in [-0.3, -0.25) is 14.6 Å². The summed E-state index contributed by atoms with van der Waals surface area (Å²) in [4.78, 5) is 22.9. The van der Waals surface area contributed by atoms with E-state index in [0.717, 1.165) is 24.4 Å². The third-order valence-electron chi connectivity index (χ3n) is 3.25. The number of methoxy groups -OCH3 is 1. The van der Waals surface area contributed by atoms with Crippen LogP contribution in [0.15, 0.2) is 29.4 Å². The Morgan fingerprint density at radius 3 is 2.62 bits per heavy atom. The first-order chi connectivity index (χ1) is 10.1. The minimum Gasteiger partial charge on any atom is -0.469 e. The topological polar surface area (TPSA) is 71.0 Å². The van der Waals surface area contributed by atoms with Crippen molar-refractivity contribution in [2.24, 2.45) is 5.10 Å². The molecule has 0 atom stereocenters. The van der Waals surface area contributed by atoms with Crippen molar-refractivity contribution in [3.05, 3.63) is 29.8 Å². The van der Waals surface area contributed by atoms with Crippen LogP contribution in [0.5, 0.6) is 0 Å². The van der Waals surface area contributed by atoms with Gasteiger partial charge in [0.25, 0.3) is 5.91 Å². The van der Waals surface area contributed by atoms with Gasteiger partial charge in [0.15, 0.2) is 0 Å². The van der Waals surface area contributed by atoms with E-state index in [4.69, 9.17) is 0 Å². The van der Waals surface area contributed by atoms with E-state index in [1.165, 1.54) is 7.11 Å². The van der Waals surface area contributed by atoms with Crippen LogP contribution in [0.4, 0.5) is 5.69 Å². The summed E-state index contributed by atoms with van der Waals surface area (Å²) in [7, 11) is 1.32. The maximum Gasteiger partial charge on any atom is 0.307 e. The number of hydrazone groups is 1. The van der Waals surface area contributed by atoms with Crippen molar-refractivity contribution in [1.82, 2.24) is 5.32 Å². The lowest BCUT2D eigenvalue weighted by Gasteiger charge is -2.13. The van der Waals surface area contributed by atoms with Crippen LogP contribution in [0, 0.1) is 0 Å². The monoisotopic (exact) mass is 289 g/mol. The Kier molecular flexibility index (Phi) is 4.92. The van der Waals surface area contributed by atoms with Crippen LogP contribution in [-0.2, 0) is 9.53 Å². The van der Waals surface area contributed by atoms with Gasteiger partial charge in [-0.15, -0.1) is 0 Å². The Labute approximate surface area is 123 Å². The van der Waals surface area contributed by atoms with E-state index < -0.39 is 0 Å². The first-order valence-corrected chi connectivity index (χ1v) is 6.87. The van der Waals surface area contributed by atoms with Crippen molar-refractivity contribution in [2.45, 2.75) is 19.8 Å². The Hall–Kier alpha value is -2.37. The van der Waals surface area contributed by atoms with E-state index in [9.17, 15) is 9.59 Å². The van der Waals surface area contributed by atoms with Crippen LogP contribution in [0.25, 0.3) is 0 Å². The summed E-state index contributed by atoms with van der Waals surface area (Å²) in [6.07, 6.45) is 1.14. The smallest absolute Gasteiger partial charge is 0.307 e. The molecular formula is C15H19N3O3. The molecule has 1 amide bonds. The number of nitrogens with zero attached hydrogens (tertiary/aromatic N) is 2. The molecule has 6 heteroatoms. The van der Waals surface area contributed by atoms with Crippen molar-refractivity contribution in [1.29, 1.82) is 0 Å². The van der Waals surface area contributed by atoms with Crippen LogP contribution in [0.3, 0.4) is 0 Å². The zero-order valence-corrected chi connectivity index (χ0v) is 12.3. The number of anilines is 1. The number of hydrogen-bond donors (Lipinski definition) is 1. The number of carbonyl (C=O) groups excluding carboxylic acids is 2. The maximum atomic E-state index is 11.9. The van der Waals surface area contributed by atoms with Crippen LogP contribution in [0.2, 0.25) is 0 Å². The molecule has 0 radical (unpaired) electrons. The molecule has 0 fully saturated rings. The number of hydrogen-bond acceptors (Lipinski definition) is 5. The highest BCUT2D eigenvalue weighted by molar-refractivity contribution is 5.94. The summed E-state index contributed by atoms with van der Waals surface area (Å²) in [5, 5.41) is 9.01. The van der Waals surface area contributed by atoms with Gasteiger partial charge in [0.1, 0.15) is 0 Å². The summed E-state index contributed by atoms with van der Waals surface area (Å²) in [6, 6.07) is 7.26. The normalized spacial score (nSPS) is 13.8. The Balaban J connectivity index is 1.89. The van der Waals surface area contributed by atoms with Gasteiger partial charge >= 0.3 is 5.97 Å². The molecule has 0 bridgehead atoms. The van der Waals surface area contributed by atoms with E-state index in [1.807, 2.05) is 24.1 Å². The lowest BCUT2D eigenvalue weighted by Crippen LogP contribution is -2.26. The molecule has 1 aromatic carbocycles. The van der Waals surface area contributed by atoms with Crippen molar-refractivity contribution in [2.75, 3.05) is 25.2 Å². The molecule has 0 unspecified atom stereocenters. The van der Waals surface area contributed by atoms with Crippen LogP contribution < -0.4 is 10.3 Å². The highest BCUT2D eigenvalue weighted by atomic mass is 16.5. The van der Waals surface area contributed by atoms with Gasteiger partial charge in [0, 0.05) is 30.8 Å². The molecule has 21 heavy (non-hydrogen) atoms. The molecule has 1 aliphatic rings. The maximum absolute atomic E-state index is 11.9. The number of benzene rings is 1. The van der Waals surface area contributed by atoms with Gasteiger partial charge in [-0.2, -0.15) is 5.10 Å². The average Bonchev–Trinajstić information content (AvgIpc) is 2.93. The van der Waals surface area contributed by atoms with E-state index in [1.54, 1.807) is 12.1 Å². The van der Waals surface area contributed by atoms with Gasteiger partial charge < -0.3 is 10.1 Å². The number of nitrogens with one attached hydrogen (secondary N) is 1. The largest absolute Gasteiger partial charge is 0.469 e. The Morgan fingerprint density at radius 2 is 2.05 bits per heavy atom. The number of ether oxygens (including phenoxy) is 1. The molecule has 1 heterocycles. The van der Waals surface area contributed by atoms with Crippen LogP contribution in [0.1, 0.15) is 30.1 Å². The van der Waals surface area contributed by atoms with E-state index in [-0.39, 0.29) is 24.8 Å². The lowest BCUT2D eigenvalue weighted by molar-refractivity contribution is -0.140. The SMILES string of the molecule is COC(=O)CCNC(=O)c1ccc(N2CCC(C)=N2)cc1. The zero-order chi connectivity index (χ0) is 15.2. The quantitative estimate of drug-likeness (QED) is 0.835. The predicted octanol–water partition coefficient (Wildman–Crippen LogP) is 1.57. The van der Waals surface area contributed by atoms with Gasteiger partial charge in [0.05, 0.1) is 19.2 Å². The second kappa shape index (κ2) is 6.88. The van der Waals surface area contributed by atoms with Gasteiger partial charge in [-0.05, 0) is 31.2 Å². The fourth-order valence-corrected chi connectivity index (χ4v) is 2.03. The molecule has 0 saturated carbocycles.